The van der Waals surface area contributed by atoms with Gasteiger partial charge in [0.15, 0.2) is 0 Å². The van der Waals surface area contributed by atoms with Crippen LogP contribution in [0.2, 0.25) is 0 Å². The van der Waals surface area contributed by atoms with Crippen LogP contribution in [-0.2, 0) is 32.0 Å². The number of hydrogen-bond acceptors (Lipinski definition) is 5. The van der Waals surface area contributed by atoms with Gasteiger partial charge in [0.05, 0.1) is 23.4 Å². The van der Waals surface area contributed by atoms with Gasteiger partial charge in [-0.1, -0.05) is 38.1 Å². The molecule has 6 rings (SSSR count). The summed E-state index contributed by atoms with van der Waals surface area (Å²) in [5.41, 5.74) is 3.54. The number of amides is 3. The Labute approximate surface area is 216 Å². The van der Waals surface area contributed by atoms with Crippen molar-refractivity contribution >= 4 is 35.1 Å². The van der Waals surface area contributed by atoms with Crippen LogP contribution in [0.4, 0.5) is 11.4 Å². The standard InChI is InChI=1S/C30H32N2O5/c1-3-17-7-5-8-18(4-2)27(17)31-16-21(14-24(31)33)30(36)37-23-10-6-9-22(15-23)32-28(34)25-19-11-12-20(13-19)26(25)29(32)35/h5-10,15,19-21,25-26H,3-4,11-14,16H2,1-2H3/t19-,20-,21+,25-,26-/m0/s1. The second-order valence-corrected chi connectivity index (χ2v) is 10.9. The highest BCUT2D eigenvalue weighted by molar-refractivity contribution is 6.22. The largest absolute Gasteiger partial charge is 0.426 e. The lowest BCUT2D eigenvalue weighted by atomic mass is 9.81. The maximum Gasteiger partial charge on any atom is 0.316 e. The summed E-state index contributed by atoms with van der Waals surface area (Å²) in [7, 11) is 0. The molecule has 2 aliphatic carbocycles. The van der Waals surface area contributed by atoms with Gasteiger partial charge in [0.1, 0.15) is 5.75 Å². The van der Waals surface area contributed by atoms with Gasteiger partial charge in [-0.05, 0) is 67.2 Å². The molecule has 2 saturated carbocycles. The molecule has 2 aliphatic heterocycles. The third-order valence-electron chi connectivity index (χ3n) is 8.91. The van der Waals surface area contributed by atoms with E-state index in [2.05, 4.69) is 13.8 Å². The summed E-state index contributed by atoms with van der Waals surface area (Å²) in [6, 6.07) is 12.7. The molecule has 3 amide bonds. The predicted molar refractivity (Wildman–Crippen MR) is 138 cm³/mol. The Kier molecular flexibility index (Phi) is 5.89. The molecule has 0 spiro atoms. The van der Waals surface area contributed by atoms with E-state index in [-0.39, 0.29) is 48.3 Å². The van der Waals surface area contributed by atoms with Crippen molar-refractivity contribution in [2.24, 2.45) is 29.6 Å². The minimum atomic E-state index is -0.587. The van der Waals surface area contributed by atoms with Crippen LogP contribution in [0.15, 0.2) is 42.5 Å². The van der Waals surface area contributed by atoms with Gasteiger partial charge in [-0.15, -0.1) is 0 Å². The van der Waals surface area contributed by atoms with Crippen molar-refractivity contribution < 1.29 is 23.9 Å². The molecule has 7 heteroatoms. The zero-order valence-electron chi connectivity index (χ0n) is 21.3. The highest BCUT2D eigenvalue weighted by atomic mass is 16.5. The third kappa shape index (κ3) is 3.78. The number of ether oxygens (including phenoxy) is 1. The van der Waals surface area contributed by atoms with Crippen LogP contribution in [0.25, 0.3) is 0 Å². The molecule has 2 aromatic rings. The van der Waals surface area contributed by atoms with Gasteiger partial charge in [-0.2, -0.15) is 0 Å². The van der Waals surface area contributed by atoms with Crippen molar-refractivity contribution in [3.05, 3.63) is 53.6 Å². The molecule has 0 radical (unpaired) electrons. The first kappa shape index (κ1) is 23.9. The van der Waals surface area contributed by atoms with Crippen molar-refractivity contribution in [1.82, 2.24) is 0 Å². The quantitative estimate of drug-likeness (QED) is 0.335. The van der Waals surface area contributed by atoms with E-state index in [0.29, 0.717) is 17.5 Å². The van der Waals surface area contributed by atoms with Gasteiger partial charge in [-0.3, -0.25) is 19.2 Å². The van der Waals surface area contributed by atoms with Crippen molar-refractivity contribution in [3.8, 4) is 5.75 Å². The van der Waals surface area contributed by atoms with Crippen LogP contribution >= 0.6 is 0 Å². The van der Waals surface area contributed by atoms with Crippen LogP contribution in [-0.4, -0.2) is 30.2 Å². The number of imide groups is 1. The average molecular weight is 501 g/mol. The lowest BCUT2D eigenvalue weighted by Gasteiger charge is -2.23. The van der Waals surface area contributed by atoms with E-state index >= 15 is 0 Å². The monoisotopic (exact) mass is 500 g/mol. The second kappa shape index (κ2) is 9.12. The first-order valence-electron chi connectivity index (χ1n) is 13.5. The van der Waals surface area contributed by atoms with Crippen molar-refractivity contribution in [2.45, 2.75) is 52.4 Å². The molecule has 5 atom stereocenters. The van der Waals surface area contributed by atoms with Crippen LogP contribution in [0.5, 0.6) is 5.75 Å². The number of aryl methyl sites for hydroxylation is 2. The highest BCUT2D eigenvalue weighted by Crippen LogP contribution is 2.56. The number of carbonyl (C=O) groups excluding carboxylic acids is 4. The number of anilines is 2. The molecule has 4 fully saturated rings. The van der Waals surface area contributed by atoms with Gasteiger partial charge < -0.3 is 9.64 Å². The summed E-state index contributed by atoms with van der Waals surface area (Å²) in [5.74, 6) is -0.896. The topological polar surface area (TPSA) is 84.0 Å². The van der Waals surface area contributed by atoms with E-state index in [1.54, 1.807) is 29.2 Å². The van der Waals surface area contributed by atoms with Crippen LogP contribution < -0.4 is 14.5 Å². The van der Waals surface area contributed by atoms with E-state index in [0.717, 1.165) is 48.9 Å². The van der Waals surface area contributed by atoms with E-state index in [4.69, 9.17) is 4.74 Å². The predicted octanol–water partition coefficient (Wildman–Crippen LogP) is 4.31. The Bertz CT molecular complexity index is 1250. The molecule has 0 unspecified atom stereocenters. The number of para-hydroxylation sites is 1. The molecule has 7 nitrogen and oxygen atoms in total. The number of hydrogen-bond donors (Lipinski definition) is 0. The fourth-order valence-corrected chi connectivity index (χ4v) is 7.19. The van der Waals surface area contributed by atoms with Gasteiger partial charge in [-0.25, -0.2) is 4.90 Å². The second-order valence-electron chi connectivity index (χ2n) is 10.9. The SMILES string of the molecule is CCc1cccc(CC)c1N1C[C@H](C(=O)Oc2cccc(N3C(=O)[C@H]4[C@H]5CC[C@@H](C5)[C@@H]4C3=O)c2)CC1=O. The summed E-state index contributed by atoms with van der Waals surface area (Å²) in [5, 5.41) is 0. The fraction of sp³-hybridized carbons (Fsp3) is 0.467. The lowest BCUT2D eigenvalue weighted by Crippen LogP contribution is -2.32. The molecular formula is C30H32N2O5. The number of esters is 1. The van der Waals surface area contributed by atoms with Crippen LogP contribution in [0, 0.1) is 29.6 Å². The van der Waals surface area contributed by atoms with E-state index in [9.17, 15) is 19.2 Å². The first-order valence-corrected chi connectivity index (χ1v) is 13.5. The lowest BCUT2D eigenvalue weighted by molar-refractivity contribution is -0.139. The van der Waals surface area contributed by atoms with Gasteiger partial charge in [0.25, 0.3) is 0 Å². The number of fused-ring (bicyclic) bond motifs is 5. The molecule has 192 valence electrons. The smallest absolute Gasteiger partial charge is 0.316 e. The molecule has 2 bridgehead atoms. The highest BCUT2D eigenvalue weighted by Gasteiger charge is 2.61. The number of nitrogens with zero attached hydrogens (tertiary/aromatic N) is 2. The summed E-state index contributed by atoms with van der Waals surface area (Å²) < 4.78 is 5.70. The molecule has 4 aliphatic rings. The molecule has 37 heavy (non-hydrogen) atoms. The van der Waals surface area contributed by atoms with Gasteiger partial charge in [0, 0.05) is 24.7 Å². The fourth-order valence-electron chi connectivity index (χ4n) is 7.19. The minimum Gasteiger partial charge on any atom is -0.426 e. The molecule has 0 aromatic heterocycles. The van der Waals surface area contributed by atoms with E-state index in [1.807, 2.05) is 18.2 Å². The normalized spacial score (nSPS) is 28.4. The number of benzene rings is 2. The minimum absolute atomic E-state index is 0.0827. The molecule has 0 N–H and O–H groups in total. The molecular weight excluding hydrogens is 468 g/mol. The number of rotatable bonds is 6. The Hall–Kier alpha value is -3.48. The number of carbonyl (C=O) groups is 4. The van der Waals surface area contributed by atoms with Crippen molar-refractivity contribution in [2.75, 3.05) is 16.3 Å². The molecule has 2 aromatic carbocycles. The van der Waals surface area contributed by atoms with Crippen molar-refractivity contribution in [3.63, 3.8) is 0 Å². The zero-order chi connectivity index (χ0) is 25.8. The molecule has 2 saturated heterocycles. The van der Waals surface area contributed by atoms with Crippen LogP contribution in [0.3, 0.4) is 0 Å². The third-order valence-corrected chi connectivity index (χ3v) is 8.91. The van der Waals surface area contributed by atoms with Gasteiger partial charge in [0.2, 0.25) is 17.7 Å². The molecule has 2 heterocycles. The van der Waals surface area contributed by atoms with E-state index in [1.165, 1.54) is 4.90 Å². The average Bonchev–Trinajstić information content (AvgIpc) is 3.67. The summed E-state index contributed by atoms with van der Waals surface area (Å²) in [6.45, 7) is 4.40. The maximum atomic E-state index is 13.2. The van der Waals surface area contributed by atoms with Gasteiger partial charge >= 0.3 is 5.97 Å². The maximum absolute atomic E-state index is 13.2. The Morgan fingerprint density at radius 1 is 0.919 bits per heavy atom. The Balaban J connectivity index is 1.18. The summed E-state index contributed by atoms with van der Waals surface area (Å²) in [4.78, 5) is 55.5. The first-order chi connectivity index (χ1) is 17.9. The summed E-state index contributed by atoms with van der Waals surface area (Å²) >= 11 is 0. The summed E-state index contributed by atoms with van der Waals surface area (Å²) in [6.07, 6.45) is 4.72. The Morgan fingerprint density at radius 3 is 2.16 bits per heavy atom. The zero-order valence-corrected chi connectivity index (χ0v) is 21.3. The van der Waals surface area contributed by atoms with Crippen molar-refractivity contribution in [1.29, 1.82) is 0 Å². The van der Waals surface area contributed by atoms with Crippen LogP contribution in [0.1, 0.15) is 50.7 Å². The van der Waals surface area contributed by atoms with E-state index < -0.39 is 11.9 Å². The Morgan fingerprint density at radius 2 is 1.54 bits per heavy atom.